The van der Waals surface area contributed by atoms with E-state index in [-0.39, 0.29) is 25.7 Å². The maximum absolute atomic E-state index is 13.1. The Kier molecular flexibility index (Phi) is 70.1. The van der Waals surface area contributed by atoms with Crippen molar-refractivity contribution in [3.8, 4) is 0 Å². The van der Waals surface area contributed by atoms with Gasteiger partial charge in [0, 0.05) is 19.3 Å². The van der Waals surface area contributed by atoms with Crippen LogP contribution in [0.25, 0.3) is 0 Å². The second kappa shape index (κ2) is 74.0. The van der Waals surface area contributed by atoms with Crippen molar-refractivity contribution in [1.29, 1.82) is 0 Å². The van der Waals surface area contributed by atoms with E-state index < -0.39 is 97.5 Å². The number of aliphatic hydroxyl groups is 1. The van der Waals surface area contributed by atoms with E-state index in [1.807, 2.05) is 12.2 Å². The smallest absolute Gasteiger partial charge is 0.462 e. The second-order valence-electron chi connectivity index (χ2n) is 25.2. The first-order chi connectivity index (χ1) is 49.7. The summed E-state index contributed by atoms with van der Waals surface area (Å²) in [4.78, 5) is 72.8. The molecule has 5 unspecified atom stereocenters. The van der Waals surface area contributed by atoms with Crippen molar-refractivity contribution in [1.82, 2.24) is 0 Å². The quantitative estimate of drug-likeness (QED) is 0.0169. The van der Waals surface area contributed by atoms with Gasteiger partial charge in [-0.3, -0.25) is 37.3 Å². The van der Waals surface area contributed by atoms with Crippen LogP contribution in [0.3, 0.4) is 0 Å². The third-order valence-electron chi connectivity index (χ3n) is 15.5. The first-order valence-corrected chi connectivity index (χ1v) is 41.7. The monoisotopic (exact) mass is 1470 g/mol. The zero-order valence-electron chi connectivity index (χ0n) is 63.2. The highest BCUT2D eigenvalue weighted by molar-refractivity contribution is 7.47. The topological polar surface area (TPSA) is 237 Å². The maximum atomic E-state index is 13.1. The molecule has 17 nitrogen and oxygen atoms in total. The number of rotatable bonds is 71. The number of hydrogen-bond donors (Lipinski definition) is 3. The minimum absolute atomic E-state index is 0.0684. The predicted octanol–water partition coefficient (Wildman–Crippen LogP) is 22.4. The van der Waals surface area contributed by atoms with Crippen molar-refractivity contribution in [3.05, 3.63) is 158 Å². The number of aliphatic hydroxyl groups excluding tert-OH is 1. The van der Waals surface area contributed by atoms with Crippen molar-refractivity contribution in [2.24, 2.45) is 0 Å². The Morgan fingerprint density at radius 1 is 0.294 bits per heavy atom. The molecule has 0 bridgehead atoms. The van der Waals surface area contributed by atoms with Gasteiger partial charge in [-0.05, 0) is 154 Å². The summed E-state index contributed by atoms with van der Waals surface area (Å²) in [6, 6.07) is 0. The molecule has 102 heavy (non-hydrogen) atoms. The molecule has 0 heterocycles. The van der Waals surface area contributed by atoms with Crippen molar-refractivity contribution in [2.45, 2.75) is 303 Å². The van der Waals surface area contributed by atoms with Gasteiger partial charge in [0.15, 0.2) is 12.2 Å². The fraction of sp³-hybridized carbons (Fsp3) is 0.639. The Labute approximate surface area is 617 Å². The van der Waals surface area contributed by atoms with Gasteiger partial charge in [0.1, 0.15) is 19.3 Å². The lowest BCUT2D eigenvalue weighted by Gasteiger charge is -2.21. The molecule has 19 heteroatoms. The third-order valence-corrected chi connectivity index (χ3v) is 17.4. The van der Waals surface area contributed by atoms with E-state index in [1.165, 1.54) is 44.9 Å². The van der Waals surface area contributed by atoms with Crippen LogP contribution in [0.15, 0.2) is 158 Å². The molecule has 0 saturated heterocycles. The van der Waals surface area contributed by atoms with E-state index in [9.17, 15) is 43.2 Å². The average molecular weight is 1470 g/mol. The Bertz CT molecular complexity index is 2550. The molecule has 0 spiro atoms. The summed E-state index contributed by atoms with van der Waals surface area (Å²) in [5, 5.41) is 10.6. The lowest BCUT2D eigenvalue weighted by molar-refractivity contribution is -0.161. The summed E-state index contributed by atoms with van der Waals surface area (Å²) in [7, 11) is -10.0. The molecular weight excluding hydrogens is 1330 g/mol. The van der Waals surface area contributed by atoms with Crippen molar-refractivity contribution < 1.29 is 80.2 Å². The Hall–Kier alpha value is -5.32. The van der Waals surface area contributed by atoms with Crippen LogP contribution in [0, 0.1) is 0 Å². The van der Waals surface area contributed by atoms with Gasteiger partial charge in [-0.2, -0.15) is 0 Å². The van der Waals surface area contributed by atoms with E-state index >= 15 is 0 Å². The number of hydrogen-bond acceptors (Lipinski definition) is 15. The molecule has 0 amide bonds. The van der Waals surface area contributed by atoms with Gasteiger partial charge >= 0.3 is 39.5 Å². The first kappa shape index (κ1) is 96.7. The van der Waals surface area contributed by atoms with Crippen molar-refractivity contribution >= 4 is 39.5 Å². The molecule has 0 aliphatic heterocycles. The van der Waals surface area contributed by atoms with Crippen LogP contribution in [0.1, 0.15) is 285 Å². The molecule has 3 N–H and O–H groups in total. The molecule has 0 aliphatic carbocycles. The minimum Gasteiger partial charge on any atom is -0.462 e. The van der Waals surface area contributed by atoms with Gasteiger partial charge in [-0.15, -0.1) is 0 Å². The highest BCUT2D eigenvalue weighted by Gasteiger charge is 2.30. The highest BCUT2D eigenvalue weighted by Crippen LogP contribution is 2.45. The fourth-order valence-electron chi connectivity index (χ4n) is 9.64. The average Bonchev–Trinajstić information content (AvgIpc) is 0.907. The molecule has 5 atom stereocenters. The Balaban J connectivity index is 5.47. The standard InChI is InChI=1S/C83H136O17P2/c1-5-9-13-17-21-25-29-33-36-37-38-39-42-45-48-52-56-60-64-68-81(86)94-74-79(100-83(88)70-66-62-58-54-50-46-41-35-31-27-23-19-15-11-7-3)76-98-102(91,92)96-72-77(84)71-95-101(89,90)97-75-78(99-82(87)69-65-61-57-53-49-43-32-28-24-20-16-12-8-4)73-93-80(85)67-63-59-55-51-47-44-40-34-30-26-22-18-14-10-6-2/h10-11,14-15,21-23,25-28,32-36,38-41,47,50-51,54,62,66,77-79,84H,5-9,12-13,16-20,24,29-31,37,42-46,48-49,52-53,55-61,63-65,67-76H2,1-4H3,(H,89,90)(H,91,92)/b14-10-,15-11-,25-21-,26-22-,27-23-,32-28-,36-33-,39-38-,40-34-,41-35-,51-47-,54-50-,66-62-. The van der Waals surface area contributed by atoms with Gasteiger partial charge in [-0.25, -0.2) is 9.13 Å². The Morgan fingerprint density at radius 3 is 0.922 bits per heavy atom. The van der Waals surface area contributed by atoms with Crippen LogP contribution in [-0.2, 0) is 65.4 Å². The van der Waals surface area contributed by atoms with Crippen LogP contribution in [0.2, 0.25) is 0 Å². The molecular formula is C83H136O17P2. The molecule has 0 radical (unpaired) electrons. The summed E-state index contributed by atoms with van der Waals surface area (Å²) in [5.74, 6) is -2.41. The van der Waals surface area contributed by atoms with E-state index in [0.29, 0.717) is 25.7 Å². The zero-order chi connectivity index (χ0) is 74.6. The van der Waals surface area contributed by atoms with E-state index in [4.69, 9.17) is 37.0 Å². The van der Waals surface area contributed by atoms with Gasteiger partial charge in [0.05, 0.1) is 32.8 Å². The summed E-state index contributed by atoms with van der Waals surface area (Å²) >= 11 is 0. The molecule has 0 aromatic rings. The van der Waals surface area contributed by atoms with E-state index in [0.717, 1.165) is 161 Å². The van der Waals surface area contributed by atoms with Crippen LogP contribution in [0.5, 0.6) is 0 Å². The Morgan fingerprint density at radius 2 is 0.549 bits per heavy atom. The summed E-state index contributed by atoms with van der Waals surface area (Å²) in [6.45, 7) is 4.40. The second-order valence-corrected chi connectivity index (χ2v) is 28.1. The molecule has 580 valence electrons. The summed E-state index contributed by atoms with van der Waals surface area (Å²) in [6.07, 6.45) is 85.5. The molecule has 0 fully saturated rings. The highest BCUT2D eigenvalue weighted by atomic mass is 31.2. The number of carbonyl (C=O) groups excluding carboxylic acids is 4. The summed E-state index contributed by atoms with van der Waals surface area (Å²) < 4.78 is 68.3. The lowest BCUT2D eigenvalue weighted by Crippen LogP contribution is -2.30. The third kappa shape index (κ3) is 73.0. The van der Waals surface area contributed by atoms with Crippen LogP contribution >= 0.6 is 15.6 Å². The van der Waals surface area contributed by atoms with Crippen LogP contribution in [-0.4, -0.2) is 96.7 Å². The molecule has 0 aromatic heterocycles. The number of phosphoric ester groups is 2. The van der Waals surface area contributed by atoms with Crippen LogP contribution in [0.4, 0.5) is 0 Å². The van der Waals surface area contributed by atoms with Gasteiger partial charge in [-0.1, -0.05) is 263 Å². The van der Waals surface area contributed by atoms with E-state index in [1.54, 1.807) is 12.2 Å². The number of unbranched alkanes of at least 4 members (excludes halogenated alkanes) is 20. The molecule has 0 aliphatic rings. The SMILES string of the molecule is CC/C=C\C/C=C\C/C=C\C/C=C\C/C=C\CC(=O)OC(COC(=O)CCCCCCCC/C=C\C/C=C\C/C=C\CCCCC)COP(=O)(O)OCC(O)COP(=O)(O)OCC(COC(=O)CCCC/C=C\C/C=C\C/C=C\C/C=C\CC)OC(=O)CCCCCCC/C=C\CCCCCC. The maximum Gasteiger partial charge on any atom is 0.472 e. The summed E-state index contributed by atoms with van der Waals surface area (Å²) in [5.41, 5.74) is 0. The van der Waals surface area contributed by atoms with Gasteiger partial charge < -0.3 is 33.8 Å². The minimum atomic E-state index is -5.01. The van der Waals surface area contributed by atoms with Gasteiger partial charge in [0.2, 0.25) is 0 Å². The predicted molar refractivity (Wildman–Crippen MR) is 417 cm³/mol. The zero-order valence-corrected chi connectivity index (χ0v) is 65.0. The first-order valence-electron chi connectivity index (χ1n) is 38.7. The number of phosphoric acid groups is 2. The lowest BCUT2D eigenvalue weighted by atomic mass is 10.1. The molecule has 0 rings (SSSR count). The van der Waals surface area contributed by atoms with Crippen molar-refractivity contribution in [3.63, 3.8) is 0 Å². The number of allylic oxidation sites excluding steroid dienone is 25. The largest absolute Gasteiger partial charge is 0.472 e. The fourth-order valence-corrected chi connectivity index (χ4v) is 11.2. The van der Waals surface area contributed by atoms with Gasteiger partial charge in [0.25, 0.3) is 0 Å². The van der Waals surface area contributed by atoms with Crippen LogP contribution < -0.4 is 0 Å². The normalized spacial score (nSPS) is 14.8. The number of carbonyl (C=O) groups is 4. The number of esters is 4. The molecule has 0 saturated carbocycles. The van der Waals surface area contributed by atoms with E-state index in [2.05, 4.69) is 161 Å². The number of ether oxygens (including phenoxy) is 4. The molecule has 0 aromatic carbocycles. The van der Waals surface area contributed by atoms with Crippen molar-refractivity contribution in [2.75, 3.05) is 39.6 Å².